The molecule has 9 heteroatoms. The molecule has 158 valence electrons. The molecular weight excluding hydrogens is 440 g/mol. The Bertz CT molecular complexity index is 906. The minimum Gasteiger partial charge on any atom is -0.486 e. The summed E-state index contributed by atoms with van der Waals surface area (Å²) in [6.45, 7) is 7.01. The zero-order valence-corrected chi connectivity index (χ0v) is 18.6. The summed E-state index contributed by atoms with van der Waals surface area (Å²) in [7, 11) is 0. The van der Waals surface area contributed by atoms with Crippen molar-refractivity contribution in [3.63, 3.8) is 0 Å². The maximum absolute atomic E-state index is 12.2. The summed E-state index contributed by atoms with van der Waals surface area (Å²) in [5, 5.41) is 19.1. The number of hydrogen-bond acceptors (Lipinski definition) is 6. The molecule has 2 aromatic rings. The molecule has 1 aromatic carbocycles. The summed E-state index contributed by atoms with van der Waals surface area (Å²) in [6.07, 6.45) is 1.39. The van der Waals surface area contributed by atoms with E-state index in [9.17, 15) is 9.90 Å². The van der Waals surface area contributed by atoms with Crippen LogP contribution < -0.4 is 4.74 Å². The van der Waals surface area contributed by atoms with Crippen molar-refractivity contribution in [3.8, 4) is 5.75 Å². The molecule has 2 unspecified atom stereocenters. The molecule has 8 nitrogen and oxygen atoms in total. The van der Waals surface area contributed by atoms with Crippen LogP contribution in [0.15, 0.2) is 16.6 Å². The van der Waals surface area contributed by atoms with Gasteiger partial charge < -0.3 is 19.5 Å². The van der Waals surface area contributed by atoms with Crippen LogP contribution in [-0.4, -0.2) is 62.0 Å². The van der Waals surface area contributed by atoms with Crippen LogP contribution >= 0.6 is 15.9 Å². The van der Waals surface area contributed by atoms with Gasteiger partial charge in [-0.2, -0.15) is 0 Å². The summed E-state index contributed by atoms with van der Waals surface area (Å²) in [6, 6.07) is 3.84. The Morgan fingerprint density at radius 3 is 2.72 bits per heavy atom. The average molecular weight is 467 g/mol. The highest BCUT2D eigenvalue weighted by Crippen LogP contribution is 2.36. The second kappa shape index (κ2) is 7.75. The van der Waals surface area contributed by atoms with Crippen LogP contribution in [0, 0.1) is 5.92 Å². The number of amides is 1. The number of carbonyl (C=O) groups excluding carboxylic acids is 1. The normalized spacial score (nSPS) is 22.7. The number of fused-ring (bicyclic) bond motifs is 1. The van der Waals surface area contributed by atoms with E-state index in [2.05, 4.69) is 26.2 Å². The molecule has 0 spiro atoms. The number of nitrogens with zero attached hydrogens (tertiary/aromatic N) is 4. The topological polar surface area (TPSA) is 89.7 Å². The lowest BCUT2D eigenvalue weighted by atomic mass is 10.1. The van der Waals surface area contributed by atoms with Gasteiger partial charge in [-0.1, -0.05) is 5.21 Å². The third-order valence-corrected chi connectivity index (χ3v) is 5.93. The molecule has 4 rings (SSSR count). The van der Waals surface area contributed by atoms with E-state index in [1.165, 1.54) is 17.7 Å². The first-order chi connectivity index (χ1) is 13.7. The van der Waals surface area contributed by atoms with Crippen LogP contribution in [0.25, 0.3) is 11.0 Å². The van der Waals surface area contributed by atoms with E-state index in [1.54, 1.807) is 0 Å². The van der Waals surface area contributed by atoms with Crippen molar-refractivity contribution in [2.75, 3.05) is 13.1 Å². The number of aliphatic hydroxyl groups is 1. The number of hydrogen-bond donors (Lipinski definition) is 1. The van der Waals surface area contributed by atoms with Crippen molar-refractivity contribution >= 4 is 33.1 Å². The first-order valence-corrected chi connectivity index (χ1v) is 10.8. The van der Waals surface area contributed by atoms with Crippen LogP contribution in [0.4, 0.5) is 4.79 Å². The number of benzene rings is 1. The molecule has 29 heavy (non-hydrogen) atoms. The van der Waals surface area contributed by atoms with Gasteiger partial charge in [0, 0.05) is 19.5 Å². The number of aliphatic hydroxyl groups excluding tert-OH is 1. The van der Waals surface area contributed by atoms with E-state index in [-0.39, 0.29) is 6.54 Å². The zero-order chi connectivity index (χ0) is 20.8. The number of rotatable bonds is 4. The predicted molar refractivity (Wildman–Crippen MR) is 111 cm³/mol. The molecule has 1 aliphatic carbocycles. The molecule has 1 amide bonds. The Hall–Kier alpha value is -1.87. The summed E-state index contributed by atoms with van der Waals surface area (Å²) >= 11 is 3.58. The van der Waals surface area contributed by atoms with Crippen molar-refractivity contribution in [1.29, 1.82) is 0 Å². The van der Waals surface area contributed by atoms with Crippen molar-refractivity contribution < 1.29 is 19.4 Å². The van der Waals surface area contributed by atoms with Gasteiger partial charge >= 0.3 is 6.09 Å². The molecule has 1 aliphatic heterocycles. The lowest BCUT2D eigenvalue weighted by molar-refractivity contribution is -0.0376. The Morgan fingerprint density at radius 1 is 1.31 bits per heavy atom. The van der Waals surface area contributed by atoms with E-state index in [1.807, 2.05) is 37.6 Å². The summed E-state index contributed by atoms with van der Waals surface area (Å²) < 4.78 is 14.2. The van der Waals surface area contributed by atoms with Gasteiger partial charge in [0.15, 0.2) is 0 Å². The van der Waals surface area contributed by atoms with E-state index in [0.717, 1.165) is 22.1 Å². The van der Waals surface area contributed by atoms with Crippen LogP contribution in [-0.2, 0) is 11.3 Å². The fourth-order valence-corrected chi connectivity index (χ4v) is 3.97. The Morgan fingerprint density at radius 2 is 2.07 bits per heavy atom. The number of carbonyl (C=O) groups is 1. The fourth-order valence-electron chi connectivity index (χ4n) is 3.46. The van der Waals surface area contributed by atoms with Gasteiger partial charge in [-0.25, -0.2) is 9.48 Å². The Kier molecular flexibility index (Phi) is 5.46. The van der Waals surface area contributed by atoms with E-state index >= 15 is 0 Å². The monoisotopic (exact) mass is 466 g/mol. The quantitative estimate of drug-likeness (QED) is 0.742. The predicted octanol–water partition coefficient (Wildman–Crippen LogP) is 3.35. The van der Waals surface area contributed by atoms with Gasteiger partial charge in [-0.3, -0.25) is 0 Å². The molecule has 1 saturated carbocycles. The van der Waals surface area contributed by atoms with Crippen LogP contribution in [0.3, 0.4) is 0 Å². The SMILES string of the molecule is CC(C)(C)OC(=O)N1CCC(Oc2ccc3c(nnn3CC3CC3)c2Br)C(O)C1. The van der Waals surface area contributed by atoms with Crippen molar-refractivity contribution in [3.05, 3.63) is 16.6 Å². The molecule has 0 radical (unpaired) electrons. The number of piperidine rings is 1. The number of β-amino-alcohol motifs (C(OH)–C–C–N with tert-alkyl or cyclic N) is 1. The van der Waals surface area contributed by atoms with Crippen LogP contribution in [0.5, 0.6) is 5.75 Å². The minimum atomic E-state index is -0.801. The van der Waals surface area contributed by atoms with Crippen molar-refractivity contribution in [2.45, 2.75) is 64.4 Å². The van der Waals surface area contributed by atoms with E-state index in [0.29, 0.717) is 24.6 Å². The molecule has 1 N–H and O–H groups in total. The molecule has 2 heterocycles. The second-order valence-electron chi connectivity index (χ2n) is 8.90. The van der Waals surface area contributed by atoms with Crippen molar-refractivity contribution in [2.24, 2.45) is 5.92 Å². The highest BCUT2D eigenvalue weighted by Gasteiger charge is 2.34. The lowest BCUT2D eigenvalue weighted by Gasteiger charge is -2.36. The molecule has 2 aliphatic rings. The molecule has 0 bridgehead atoms. The highest BCUT2D eigenvalue weighted by atomic mass is 79.9. The number of ether oxygens (including phenoxy) is 2. The number of aromatic nitrogens is 3. The lowest BCUT2D eigenvalue weighted by Crippen LogP contribution is -2.52. The second-order valence-corrected chi connectivity index (χ2v) is 9.69. The smallest absolute Gasteiger partial charge is 0.410 e. The largest absolute Gasteiger partial charge is 0.486 e. The molecular formula is C20H27BrN4O4. The summed E-state index contributed by atoms with van der Waals surface area (Å²) in [4.78, 5) is 13.8. The summed E-state index contributed by atoms with van der Waals surface area (Å²) in [5.41, 5.74) is 1.16. The van der Waals surface area contributed by atoms with Gasteiger partial charge in [0.2, 0.25) is 0 Å². The first-order valence-electron chi connectivity index (χ1n) is 10.1. The van der Waals surface area contributed by atoms with Crippen molar-refractivity contribution in [1.82, 2.24) is 19.9 Å². The van der Waals surface area contributed by atoms with Gasteiger partial charge in [0.25, 0.3) is 0 Å². The average Bonchev–Trinajstić information content (AvgIpc) is 3.36. The molecule has 1 aromatic heterocycles. The maximum atomic E-state index is 12.2. The van der Waals surface area contributed by atoms with Crippen LogP contribution in [0.1, 0.15) is 40.0 Å². The van der Waals surface area contributed by atoms with Gasteiger partial charge in [-0.15, -0.1) is 5.10 Å². The Balaban J connectivity index is 1.42. The standard InChI is InChI=1S/C20H27BrN4O4/c1-20(2,3)29-19(27)24-9-8-15(14(26)11-24)28-16-7-6-13-18(17(16)21)22-23-25(13)10-12-4-5-12/h6-7,12,14-15,26H,4-5,8-11H2,1-3H3. The molecule has 2 atom stereocenters. The van der Waals surface area contributed by atoms with Crippen LogP contribution in [0.2, 0.25) is 0 Å². The highest BCUT2D eigenvalue weighted by molar-refractivity contribution is 9.10. The summed E-state index contributed by atoms with van der Waals surface area (Å²) in [5.74, 6) is 1.32. The fraction of sp³-hybridized carbons (Fsp3) is 0.650. The zero-order valence-electron chi connectivity index (χ0n) is 17.0. The number of halogens is 1. The van der Waals surface area contributed by atoms with Gasteiger partial charge in [-0.05, 0) is 67.6 Å². The Labute approximate surface area is 178 Å². The van der Waals surface area contributed by atoms with E-state index < -0.39 is 23.9 Å². The minimum absolute atomic E-state index is 0.178. The number of likely N-dealkylation sites (tertiary alicyclic amines) is 1. The van der Waals surface area contributed by atoms with E-state index in [4.69, 9.17) is 9.47 Å². The maximum Gasteiger partial charge on any atom is 0.410 e. The first kappa shape index (κ1) is 20.4. The van der Waals surface area contributed by atoms with Gasteiger partial charge in [0.05, 0.1) is 16.5 Å². The third-order valence-electron chi connectivity index (χ3n) is 5.17. The molecule has 1 saturated heterocycles. The van der Waals surface area contributed by atoms with Gasteiger partial charge in [0.1, 0.15) is 29.1 Å². The molecule has 2 fully saturated rings. The third kappa shape index (κ3) is 4.66.